The highest BCUT2D eigenvalue weighted by atomic mass is 19.3. The number of fused-ring (bicyclic) bond motifs is 1. The summed E-state index contributed by atoms with van der Waals surface area (Å²) in [5.74, 6) is -3.05. The minimum absolute atomic E-state index is 0.001000. The van der Waals surface area contributed by atoms with Crippen molar-refractivity contribution in [2.75, 3.05) is 0 Å². The summed E-state index contributed by atoms with van der Waals surface area (Å²) < 4.78 is 26.0. The van der Waals surface area contributed by atoms with E-state index in [2.05, 4.69) is 0 Å². The molecule has 0 N–H and O–H groups in total. The van der Waals surface area contributed by atoms with Crippen molar-refractivity contribution in [2.24, 2.45) is 0 Å². The van der Waals surface area contributed by atoms with Crippen molar-refractivity contribution >= 4 is 10.8 Å². The summed E-state index contributed by atoms with van der Waals surface area (Å²) in [6.45, 7) is 0. The van der Waals surface area contributed by atoms with Crippen LogP contribution in [0.1, 0.15) is 17.9 Å². The Labute approximate surface area is 86.5 Å². The van der Waals surface area contributed by atoms with E-state index in [-0.39, 0.29) is 6.42 Å². The number of benzene rings is 2. The Balaban J connectivity index is 2.19. The molecule has 1 atom stereocenters. The highest BCUT2D eigenvalue weighted by Gasteiger charge is 2.57. The van der Waals surface area contributed by atoms with Gasteiger partial charge in [-0.15, -0.1) is 0 Å². The van der Waals surface area contributed by atoms with Gasteiger partial charge in [0.1, 0.15) is 0 Å². The van der Waals surface area contributed by atoms with Gasteiger partial charge in [-0.3, -0.25) is 0 Å². The molecule has 0 bridgehead atoms. The van der Waals surface area contributed by atoms with Crippen molar-refractivity contribution in [1.29, 1.82) is 0 Å². The molecule has 0 saturated heterocycles. The van der Waals surface area contributed by atoms with E-state index in [1.165, 1.54) is 0 Å². The van der Waals surface area contributed by atoms with E-state index in [0.717, 1.165) is 16.3 Å². The minimum Gasteiger partial charge on any atom is -0.206 e. The van der Waals surface area contributed by atoms with Crippen molar-refractivity contribution in [3.05, 3.63) is 48.0 Å². The van der Waals surface area contributed by atoms with Crippen molar-refractivity contribution in [3.63, 3.8) is 0 Å². The van der Waals surface area contributed by atoms with Gasteiger partial charge in [0.2, 0.25) is 0 Å². The third-order valence-corrected chi connectivity index (χ3v) is 3.02. The van der Waals surface area contributed by atoms with Crippen LogP contribution in [0.2, 0.25) is 0 Å². The fourth-order valence-corrected chi connectivity index (χ4v) is 2.11. The van der Waals surface area contributed by atoms with Gasteiger partial charge in [0.15, 0.2) is 0 Å². The summed E-state index contributed by atoms with van der Waals surface area (Å²) in [4.78, 5) is 0. The van der Waals surface area contributed by atoms with Crippen LogP contribution >= 0.6 is 0 Å². The van der Waals surface area contributed by atoms with Crippen LogP contribution in [0.3, 0.4) is 0 Å². The quantitative estimate of drug-likeness (QED) is 0.659. The first-order valence-electron chi connectivity index (χ1n) is 5.04. The second-order valence-corrected chi connectivity index (χ2v) is 4.09. The number of rotatable bonds is 1. The number of hydrogen-bond acceptors (Lipinski definition) is 0. The van der Waals surface area contributed by atoms with Crippen LogP contribution in [0, 0.1) is 0 Å². The molecule has 0 aromatic heterocycles. The first-order valence-corrected chi connectivity index (χ1v) is 5.04. The lowest BCUT2D eigenvalue weighted by atomic mass is 10.0. The van der Waals surface area contributed by atoms with Crippen LogP contribution < -0.4 is 0 Å². The Morgan fingerprint density at radius 1 is 1.00 bits per heavy atom. The fraction of sp³-hybridized carbons (Fsp3) is 0.231. The number of alkyl halides is 2. The molecule has 1 unspecified atom stereocenters. The topological polar surface area (TPSA) is 0 Å². The Bertz CT molecular complexity index is 511. The van der Waals surface area contributed by atoms with Crippen LogP contribution in [0.5, 0.6) is 0 Å². The lowest BCUT2D eigenvalue weighted by Gasteiger charge is -2.04. The maximum Gasteiger partial charge on any atom is 0.255 e. The third-order valence-electron chi connectivity index (χ3n) is 3.02. The zero-order valence-electron chi connectivity index (χ0n) is 8.08. The maximum absolute atomic E-state index is 13.0. The maximum atomic E-state index is 13.0. The predicted molar refractivity (Wildman–Crippen MR) is 56.3 cm³/mol. The normalized spacial score (nSPS) is 22.9. The molecule has 76 valence electrons. The molecule has 2 aromatic carbocycles. The smallest absolute Gasteiger partial charge is 0.206 e. The Morgan fingerprint density at radius 2 is 1.67 bits per heavy atom. The van der Waals surface area contributed by atoms with Gasteiger partial charge in [-0.25, -0.2) is 8.78 Å². The largest absolute Gasteiger partial charge is 0.255 e. The van der Waals surface area contributed by atoms with E-state index in [9.17, 15) is 8.78 Å². The van der Waals surface area contributed by atoms with Crippen LogP contribution in [0.25, 0.3) is 10.8 Å². The minimum atomic E-state index is -2.48. The first-order chi connectivity index (χ1) is 7.18. The predicted octanol–water partition coefficient (Wildman–Crippen LogP) is 3.96. The average Bonchev–Trinajstić information content (AvgIpc) is 2.87. The fourth-order valence-electron chi connectivity index (χ4n) is 2.11. The molecule has 0 radical (unpaired) electrons. The summed E-state index contributed by atoms with van der Waals surface area (Å²) >= 11 is 0. The van der Waals surface area contributed by atoms with E-state index in [4.69, 9.17) is 0 Å². The van der Waals surface area contributed by atoms with Gasteiger partial charge in [0.25, 0.3) is 5.92 Å². The van der Waals surface area contributed by atoms with Gasteiger partial charge in [-0.05, 0) is 16.3 Å². The van der Waals surface area contributed by atoms with Crippen molar-refractivity contribution in [3.8, 4) is 0 Å². The molecule has 1 fully saturated rings. The lowest BCUT2D eigenvalue weighted by Crippen LogP contribution is -1.93. The second-order valence-electron chi connectivity index (χ2n) is 4.09. The van der Waals surface area contributed by atoms with Gasteiger partial charge in [0.05, 0.1) is 5.92 Å². The molecular formula is C13H10F2. The standard InChI is InChI=1S/C13H10F2/c14-13(15)8-12(13)11-7-3-5-9-4-1-2-6-10(9)11/h1-7,12H,8H2. The van der Waals surface area contributed by atoms with E-state index < -0.39 is 11.8 Å². The zero-order chi connectivity index (χ0) is 10.5. The Kier molecular flexibility index (Phi) is 1.64. The monoisotopic (exact) mass is 204 g/mol. The highest BCUT2D eigenvalue weighted by molar-refractivity contribution is 5.86. The third kappa shape index (κ3) is 1.32. The van der Waals surface area contributed by atoms with Crippen LogP contribution in [0.15, 0.2) is 42.5 Å². The lowest BCUT2D eigenvalue weighted by molar-refractivity contribution is 0.112. The van der Waals surface area contributed by atoms with Gasteiger partial charge in [-0.2, -0.15) is 0 Å². The van der Waals surface area contributed by atoms with Gasteiger partial charge < -0.3 is 0 Å². The molecule has 0 spiro atoms. The van der Waals surface area contributed by atoms with E-state index in [1.54, 1.807) is 0 Å². The van der Waals surface area contributed by atoms with Crippen molar-refractivity contribution in [2.45, 2.75) is 18.3 Å². The van der Waals surface area contributed by atoms with E-state index >= 15 is 0 Å². The summed E-state index contributed by atoms with van der Waals surface area (Å²) in [6.07, 6.45) is 0.001000. The molecule has 0 nitrogen and oxygen atoms in total. The van der Waals surface area contributed by atoms with Crippen LogP contribution in [-0.4, -0.2) is 5.92 Å². The van der Waals surface area contributed by atoms with E-state index in [0.29, 0.717) is 0 Å². The molecule has 2 aromatic rings. The first kappa shape index (κ1) is 8.84. The number of hydrogen-bond donors (Lipinski definition) is 0. The molecular weight excluding hydrogens is 194 g/mol. The molecule has 1 aliphatic rings. The Morgan fingerprint density at radius 3 is 2.40 bits per heavy atom. The summed E-state index contributed by atoms with van der Waals surface area (Å²) in [7, 11) is 0. The summed E-state index contributed by atoms with van der Waals surface area (Å²) in [5.41, 5.74) is 0.790. The molecule has 1 saturated carbocycles. The van der Waals surface area contributed by atoms with Gasteiger partial charge in [0, 0.05) is 6.42 Å². The van der Waals surface area contributed by atoms with Crippen molar-refractivity contribution in [1.82, 2.24) is 0 Å². The molecule has 3 rings (SSSR count). The zero-order valence-corrected chi connectivity index (χ0v) is 8.08. The SMILES string of the molecule is FC1(F)CC1c1cccc2ccccc12. The molecule has 2 heteroatoms. The second kappa shape index (κ2) is 2.78. The molecule has 1 aliphatic carbocycles. The summed E-state index contributed by atoms with van der Waals surface area (Å²) in [5, 5.41) is 2.00. The molecule has 0 heterocycles. The molecule has 0 amide bonds. The number of halogens is 2. The van der Waals surface area contributed by atoms with Crippen LogP contribution in [-0.2, 0) is 0 Å². The molecule has 15 heavy (non-hydrogen) atoms. The highest BCUT2D eigenvalue weighted by Crippen LogP contribution is 2.56. The van der Waals surface area contributed by atoms with E-state index in [1.807, 2.05) is 42.5 Å². The van der Waals surface area contributed by atoms with Gasteiger partial charge in [-0.1, -0.05) is 42.5 Å². The van der Waals surface area contributed by atoms with Gasteiger partial charge >= 0.3 is 0 Å². The summed E-state index contributed by atoms with van der Waals surface area (Å²) in [6, 6.07) is 13.3. The van der Waals surface area contributed by atoms with Crippen LogP contribution in [0.4, 0.5) is 8.78 Å². The van der Waals surface area contributed by atoms with Crippen molar-refractivity contribution < 1.29 is 8.78 Å². The average molecular weight is 204 g/mol. The Hall–Kier alpha value is -1.44. The molecule has 0 aliphatic heterocycles.